The van der Waals surface area contributed by atoms with Gasteiger partial charge in [0.1, 0.15) is 5.82 Å². The Bertz CT molecular complexity index is 1120. The lowest BCUT2D eigenvalue weighted by atomic mass is 9.87. The minimum atomic E-state index is -3.64. The molecule has 0 spiro atoms. The summed E-state index contributed by atoms with van der Waals surface area (Å²) in [4.78, 5) is 24.1. The summed E-state index contributed by atoms with van der Waals surface area (Å²) in [5.74, 6) is -2.39. The highest BCUT2D eigenvalue weighted by molar-refractivity contribution is 7.89. The maximum atomic E-state index is 13.6. The predicted octanol–water partition coefficient (Wildman–Crippen LogP) is 3.26. The van der Waals surface area contributed by atoms with Gasteiger partial charge < -0.3 is 11.1 Å². The van der Waals surface area contributed by atoms with Crippen molar-refractivity contribution in [2.75, 3.05) is 18.4 Å². The van der Waals surface area contributed by atoms with Crippen LogP contribution < -0.4 is 11.1 Å². The number of piperidine rings is 1. The van der Waals surface area contributed by atoms with E-state index >= 15 is 0 Å². The molecule has 0 atom stereocenters. The Morgan fingerprint density at radius 1 is 1.06 bits per heavy atom. The van der Waals surface area contributed by atoms with E-state index in [1.165, 1.54) is 16.4 Å². The van der Waals surface area contributed by atoms with Crippen LogP contribution in [0.5, 0.6) is 0 Å². The lowest BCUT2D eigenvalue weighted by Gasteiger charge is -2.30. The van der Waals surface area contributed by atoms with Crippen LogP contribution in [0.3, 0.4) is 0 Å². The summed E-state index contributed by atoms with van der Waals surface area (Å²) in [6.07, 6.45) is 0.712. The van der Waals surface area contributed by atoms with Crippen molar-refractivity contribution in [1.82, 2.24) is 4.31 Å². The molecule has 3 rings (SSSR count). The molecule has 1 fully saturated rings. The molecule has 2 amide bonds. The van der Waals surface area contributed by atoms with E-state index in [9.17, 15) is 22.4 Å². The highest BCUT2D eigenvalue weighted by atomic mass is 32.2. The van der Waals surface area contributed by atoms with E-state index in [1.807, 2.05) is 12.1 Å². The molecule has 2 aromatic rings. The second-order valence-electron chi connectivity index (χ2n) is 9.00. The number of halogens is 1. The molecule has 172 valence electrons. The number of nitrogens with one attached hydrogen (secondary N) is 1. The summed E-state index contributed by atoms with van der Waals surface area (Å²) in [7, 11) is -3.64. The van der Waals surface area contributed by atoms with Crippen molar-refractivity contribution in [1.29, 1.82) is 0 Å². The van der Waals surface area contributed by atoms with Crippen LogP contribution in [0.15, 0.2) is 47.4 Å². The number of anilines is 1. The third-order valence-corrected chi connectivity index (χ3v) is 7.60. The Morgan fingerprint density at radius 2 is 1.66 bits per heavy atom. The lowest BCUT2D eigenvalue weighted by molar-refractivity contribution is -0.120. The Kier molecular flexibility index (Phi) is 6.71. The largest absolute Gasteiger partial charge is 0.366 e. The highest BCUT2D eigenvalue weighted by Crippen LogP contribution is 2.28. The van der Waals surface area contributed by atoms with Crippen molar-refractivity contribution in [3.05, 3.63) is 59.4 Å². The molecule has 1 heterocycles. The molecule has 2 aromatic carbocycles. The molecule has 0 aliphatic carbocycles. The van der Waals surface area contributed by atoms with E-state index in [4.69, 9.17) is 5.73 Å². The Hall–Kier alpha value is -2.78. The topological polar surface area (TPSA) is 110 Å². The van der Waals surface area contributed by atoms with Gasteiger partial charge in [-0.3, -0.25) is 9.59 Å². The first-order valence-electron chi connectivity index (χ1n) is 10.4. The minimum absolute atomic E-state index is 0.0727. The Labute approximate surface area is 187 Å². The molecule has 0 saturated carbocycles. The molecule has 0 aromatic heterocycles. The number of benzene rings is 2. The number of primary amides is 1. The smallest absolute Gasteiger partial charge is 0.251 e. The quantitative estimate of drug-likeness (QED) is 0.712. The van der Waals surface area contributed by atoms with Gasteiger partial charge in [-0.1, -0.05) is 32.9 Å². The van der Waals surface area contributed by atoms with E-state index in [0.717, 1.165) is 11.6 Å². The number of amides is 2. The molecule has 1 saturated heterocycles. The highest BCUT2D eigenvalue weighted by Gasteiger charge is 2.32. The molecular formula is C23H28FN3O4S. The summed E-state index contributed by atoms with van der Waals surface area (Å²) >= 11 is 0. The number of hydrogen-bond acceptors (Lipinski definition) is 4. The van der Waals surface area contributed by atoms with Gasteiger partial charge >= 0.3 is 0 Å². The van der Waals surface area contributed by atoms with E-state index in [1.54, 1.807) is 12.1 Å². The average Bonchev–Trinajstić information content (AvgIpc) is 2.74. The van der Waals surface area contributed by atoms with E-state index < -0.39 is 27.7 Å². The van der Waals surface area contributed by atoms with Crippen LogP contribution >= 0.6 is 0 Å². The van der Waals surface area contributed by atoms with Crippen LogP contribution in [-0.4, -0.2) is 37.6 Å². The van der Waals surface area contributed by atoms with Crippen molar-refractivity contribution in [2.45, 2.75) is 43.9 Å². The first kappa shape index (κ1) is 23.9. The van der Waals surface area contributed by atoms with Crippen molar-refractivity contribution in [3.8, 4) is 0 Å². The Morgan fingerprint density at radius 3 is 2.19 bits per heavy atom. The summed E-state index contributed by atoms with van der Waals surface area (Å²) in [6, 6.07) is 10.5. The van der Waals surface area contributed by atoms with Crippen LogP contribution in [0.25, 0.3) is 0 Å². The number of hydrogen-bond donors (Lipinski definition) is 2. The second-order valence-corrected chi connectivity index (χ2v) is 10.9. The van der Waals surface area contributed by atoms with Crippen LogP contribution in [0.1, 0.15) is 49.5 Å². The number of sulfonamides is 1. The van der Waals surface area contributed by atoms with Crippen LogP contribution in [-0.2, 0) is 20.2 Å². The first-order chi connectivity index (χ1) is 14.9. The van der Waals surface area contributed by atoms with Crippen LogP contribution in [0.4, 0.5) is 10.1 Å². The number of carbonyl (C=O) groups excluding carboxylic acids is 2. The van der Waals surface area contributed by atoms with Crippen molar-refractivity contribution in [2.24, 2.45) is 11.7 Å². The normalized spacial score (nSPS) is 16.0. The monoisotopic (exact) mass is 461 g/mol. The van der Waals surface area contributed by atoms with Crippen molar-refractivity contribution in [3.63, 3.8) is 0 Å². The molecule has 0 radical (unpaired) electrons. The van der Waals surface area contributed by atoms with Crippen molar-refractivity contribution < 1.29 is 22.4 Å². The average molecular weight is 462 g/mol. The third kappa shape index (κ3) is 5.16. The molecule has 32 heavy (non-hydrogen) atoms. The molecule has 0 bridgehead atoms. The fourth-order valence-electron chi connectivity index (χ4n) is 3.67. The fourth-order valence-corrected chi connectivity index (χ4v) is 5.14. The molecule has 0 unspecified atom stereocenters. The zero-order valence-electron chi connectivity index (χ0n) is 18.4. The van der Waals surface area contributed by atoms with Gasteiger partial charge in [0.2, 0.25) is 15.9 Å². The first-order valence-corrected chi connectivity index (χ1v) is 11.8. The molecular weight excluding hydrogens is 433 g/mol. The van der Waals surface area contributed by atoms with Gasteiger partial charge in [0.25, 0.3) is 5.91 Å². The number of carbonyl (C=O) groups is 2. The van der Waals surface area contributed by atoms with E-state index in [-0.39, 0.29) is 40.6 Å². The second kappa shape index (κ2) is 8.99. The number of nitrogens with two attached hydrogens (primary N) is 1. The van der Waals surface area contributed by atoms with Gasteiger partial charge in [-0.2, -0.15) is 4.31 Å². The summed E-state index contributed by atoms with van der Waals surface area (Å²) < 4.78 is 41.0. The van der Waals surface area contributed by atoms with E-state index in [2.05, 4.69) is 26.1 Å². The maximum Gasteiger partial charge on any atom is 0.251 e. The van der Waals surface area contributed by atoms with Crippen LogP contribution in [0.2, 0.25) is 0 Å². The summed E-state index contributed by atoms with van der Waals surface area (Å²) in [5.41, 5.74) is 6.07. The van der Waals surface area contributed by atoms with Crippen LogP contribution in [0, 0.1) is 11.7 Å². The Balaban J connectivity index is 1.63. The minimum Gasteiger partial charge on any atom is -0.366 e. The fraction of sp³-hybridized carbons (Fsp3) is 0.391. The standard InChI is InChI=1S/C23H28FN3O4S/c1-23(2,3)16-4-7-18(8-5-16)32(30,31)27-12-10-15(11-13-27)22(29)26-17-6-9-20(24)19(14-17)21(25)28/h4-9,14-15H,10-13H2,1-3H3,(H2,25,28)(H,26,29). The zero-order valence-corrected chi connectivity index (χ0v) is 19.2. The van der Waals surface area contributed by atoms with Gasteiger partial charge in [-0.15, -0.1) is 0 Å². The van der Waals surface area contributed by atoms with Crippen molar-refractivity contribution >= 4 is 27.5 Å². The molecule has 9 heteroatoms. The SMILES string of the molecule is CC(C)(C)c1ccc(S(=O)(=O)N2CCC(C(=O)Nc3ccc(F)c(C(N)=O)c3)CC2)cc1. The molecule has 1 aliphatic rings. The van der Waals surface area contributed by atoms with Gasteiger partial charge in [-0.25, -0.2) is 12.8 Å². The predicted molar refractivity (Wildman–Crippen MR) is 120 cm³/mol. The maximum absolute atomic E-state index is 13.6. The lowest BCUT2D eigenvalue weighted by Crippen LogP contribution is -2.41. The number of rotatable bonds is 5. The van der Waals surface area contributed by atoms with Gasteiger partial charge in [0.05, 0.1) is 10.5 Å². The zero-order chi connectivity index (χ0) is 23.7. The summed E-state index contributed by atoms with van der Waals surface area (Å²) in [5, 5.41) is 2.66. The van der Waals surface area contributed by atoms with Gasteiger partial charge in [0, 0.05) is 24.7 Å². The molecule has 7 nitrogen and oxygen atoms in total. The molecule has 3 N–H and O–H groups in total. The van der Waals surface area contributed by atoms with Gasteiger partial charge in [-0.05, 0) is 54.2 Å². The summed E-state index contributed by atoms with van der Waals surface area (Å²) in [6.45, 7) is 6.63. The van der Waals surface area contributed by atoms with Gasteiger partial charge in [0.15, 0.2) is 0 Å². The number of nitrogens with zero attached hydrogens (tertiary/aromatic N) is 1. The molecule has 1 aliphatic heterocycles. The van der Waals surface area contributed by atoms with E-state index in [0.29, 0.717) is 12.8 Å². The third-order valence-electron chi connectivity index (χ3n) is 5.68.